The second-order valence-electron chi connectivity index (χ2n) is 5.74. The number of hydrogen-bond acceptors (Lipinski definition) is 5. The molecular weight excluding hydrogens is 362 g/mol. The molecule has 0 saturated heterocycles. The van der Waals surface area contributed by atoms with Crippen LogP contribution in [-0.4, -0.2) is 28.8 Å². The van der Waals surface area contributed by atoms with E-state index in [4.69, 9.17) is 10.00 Å². The Hall–Kier alpha value is -3.24. The van der Waals surface area contributed by atoms with E-state index in [1.807, 2.05) is 48.0 Å². The lowest BCUT2D eigenvalue weighted by Gasteiger charge is -2.10. The number of thioether (sulfide) groups is 1. The van der Waals surface area contributed by atoms with E-state index in [9.17, 15) is 9.59 Å². The Morgan fingerprint density at radius 1 is 1.19 bits per heavy atom. The zero-order valence-electron chi connectivity index (χ0n) is 14.6. The van der Waals surface area contributed by atoms with Gasteiger partial charge in [0, 0.05) is 29.0 Å². The average Bonchev–Trinajstić information content (AvgIpc) is 3.02. The number of fused-ring (bicyclic) bond motifs is 1. The average molecular weight is 379 g/mol. The molecule has 0 bridgehead atoms. The first-order valence-electron chi connectivity index (χ1n) is 8.20. The number of anilines is 1. The molecule has 0 saturated carbocycles. The maximum absolute atomic E-state index is 12.4. The van der Waals surface area contributed by atoms with Crippen molar-refractivity contribution in [2.75, 3.05) is 17.7 Å². The number of amides is 1. The van der Waals surface area contributed by atoms with Gasteiger partial charge in [-0.2, -0.15) is 5.26 Å². The monoisotopic (exact) mass is 379 g/mol. The summed E-state index contributed by atoms with van der Waals surface area (Å²) < 4.78 is 7.02. The van der Waals surface area contributed by atoms with Crippen LogP contribution in [0.15, 0.2) is 59.6 Å². The number of ether oxygens (including phenoxy) is 1. The molecular formula is C20H17N3O3S. The van der Waals surface area contributed by atoms with Crippen LogP contribution in [0.25, 0.3) is 10.9 Å². The highest BCUT2D eigenvalue weighted by Gasteiger charge is 2.16. The number of rotatable bonds is 6. The Morgan fingerprint density at radius 3 is 2.74 bits per heavy atom. The third-order valence-corrected chi connectivity index (χ3v) is 4.85. The molecule has 1 heterocycles. The third-order valence-electron chi connectivity index (χ3n) is 3.90. The Labute approximate surface area is 160 Å². The molecule has 0 aliphatic carbocycles. The fraction of sp³-hybridized carbons (Fsp3) is 0.150. The molecule has 3 aromatic rings. The van der Waals surface area contributed by atoms with Crippen LogP contribution in [-0.2, 0) is 16.6 Å². The zero-order valence-corrected chi connectivity index (χ0v) is 15.5. The number of hydrogen-bond donors (Lipinski definition) is 1. The van der Waals surface area contributed by atoms with Crippen molar-refractivity contribution in [3.05, 3.63) is 60.3 Å². The van der Waals surface area contributed by atoms with E-state index in [0.717, 1.165) is 15.8 Å². The van der Waals surface area contributed by atoms with Crippen molar-refractivity contribution < 1.29 is 14.3 Å². The van der Waals surface area contributed by atoms with E-state index in [1.54, 1.807) is 18.3 Å². The Kier molecular flexibility index (Phi) is 5.79. The van der Waals surface area contributed by atoms with Gasteiger partial charge in [0.2, 0.25) is 0 Å². The van der Waals surface area contributed by atoms with Crippen molar-refractivity contribution in [2.45, 2.75) is 4.90 Å². The molecule has 6 nitrogen and oxygen atoms in total. The number of carbonyl (C=O) groups is 2. The summed E-state index contributed by atoms with van der Waals surface area (Å²) in [4.78, 5) is 25.3. The van der Waals surface area contributed by atoms with Crippen LogP contribution >= 0.6 is 11.8 Å². The maximum Gasteiger partial charge on any atom is 0.340 e. The molecule has 3 rings (SSSR count). The smallest absolute Gasteiger partial charge is 0.340 e. The van der Waals surface area contributed by atoms with E-state index < -0.39 is 11.9 Å². The van der Waals surface area contributed by atoms with Crippen LogP contribution in [0, 0.1) is 11.3 Å². The van der Waals surface area contributed by atoms with Crippen LogP contribution < -0.4 is 5.32 Å². The number of esters is 1. The third kappa shape index (κ3) is 4.30. The molecule has 0 radical (unpaired) electrons. The van der Waals surface area contributed by atoms with Gasteiger partial charge in [-0.1, -0.05) is 30.3 Å². The molecule has 1 aromatic heterocycles. The van der Waals surface area contributed by atoms with Crippen molar-refractivity contribution >= 4 is 40.2 Å². The summed E-state index contributed by atoms with van der Waals surface area (Å²) in [5.74, 6) is -0.703. The number of nitrogens with one attached hydrogen (secondary N) is 1. The highest BCUT2D eigenvalue weighted by Crippen LogP contribution is 2.26. The van der Waals surface area contributed by atoms with Crippen LogP contribution in [0.4, 0.5) is 5.69 Å². The molecule has 1 N–H and O–H groups in total. The lowest BCUT2D eigenvalue weighted by Crippen LogP contribution is -2.21. The van der Waals surface area contributed by atoms with E-state index in [0.29, 0.717) is 11.3 Å². The van der Waals surface area contributed by atoms with Crippen LogP contribution in [0.2, 0.25) is 0 Å². The van der Waals surface area contributed by atoms with Gasteiger partial charge in [0.25, 0.3) is 5.91 Å². The fourth-order valence-corrected chi connectivity index (χ4v) is 3.37. The second kappa shape index (κ2) is 8.43. The molecule has 2 aromatic carbocycles. The van der Waals surface area contributed by atoms with Gasteiger partial charge in [-0.3, -0.25) is 4.79 Å². The van der Waals surface area contributed by atoms with Gasteiger partial charge in [-0.15, -0.1) is 11.8 Å². The number of carbonyl (C=O) groups excluding carboxylic acids is 2. The minimum Gasteiger partial charge on any atom is -0.452 e. The van der Waals surface area contributed by atoms with Crippen molar-refractivity contribution in [1.29, 1.82) is 5.26 Å². The van der Waals surface area contributed by atoms with E-state index in [2.05, 4.69) is 11.4 Å². The molecule has 0 atom stereocenters. The molecule has 0 aliphatic heterocycles. The summed E-state index contributed by atoms with van der Waals surface area (Å²) in [5, 5.41) is 12.2. The standard InChI is InChI=1S/C20H17N3O3S/c1-23-12-15(14-6-2-4-8-17(14)23)20(25)26-13-19(24)22-16-7-3-5-9-18(16)27-11-10-21/h2-9,12H,11,13H2,1H3,(H,22,24). The number of aromatic nitrogens is 1. The number of para-hydroxylation sites is 2. The highest BCUT2D eigenvalue weighted by molar-refractivity contribution is 7.99. The van der Waals surface area contributed by atoms with E-state index >= 15 is 0 Å². The summed E-state index contributed by atoms with van der Waals surface area (Å²) in [6.45, 7) is -0.390. The Bertz CT molecular complexity index is 1040. The quantitative estimate of drug-likeness (QED) is 0.523. The summed E-state index contributed by atoms with van der Waals surface area (Å²) >= 11 is 1.33. The Balaban J connectivity index is 1.64. The van der Waals surface area contributed by atoms with Crippen LogP contribution in [0.3, 0.4) is 0 Å². The molecule has 7 heteroatoms. The van der Waals surface area contributed by atoms with Crippen molar-refractivity contribution in [3.8, 4) is 6.07 Å². The first-order chi connectivity index (χ1) is 13.1. The number of nitriles is 1. The van der Waals surface area contributed by atoms with Crippen molar-refractivity contribution in [2.24, 2.45) is 7.05 Å². The maximum atomic E-state index is 12.4. The summed E-state index contributed by atoms with van der Waals surface area (Å²) in [5.41, 5.74) is 1.92. The predicted molar refractivity (Wildman–Crippen MR) is 105 cm³/mol. The van der Waals surface area contributed by atoms with E-state index in [1.165, 1.54) is 11.8 Å². The fourth-order valence-electron chi connectivity index (χ4n) is 2.71. The van der Waals surface area contributed by atoms with Gasteiger partial charge in [0.05, 0.1) is 23.1 Å². The summed E-state index contributed by atoms with van der Waals surface area (Å²) in [7, 11) is 1.85. The normalized spacial score (nSPS) is 10.4. The minimum absolute atomic E-state index is 0.281. The largest absolute Gasteiger partial charge is 0.452 e. The zero-order chi connectivity index (χ0) is 19.2. The first-order valence-corrected chi connectivity index (χ1v) is 9.18. The van der Waals surface area contributed by atoms with Gasteiger partial charge < -0.3 is 14.6 Å². The predicted octanol–water partition coefficient (Wildman–Crippen LogP) is 3.59. The van der Waals surface area contributed by atoms with E-state index in [-0.39, 0.29) is 12.4 Å². The Morgan fingerprint density at radius 2 is 1.93 bits per heavy atom. The summed E-state index contributed by atoms with van der Waals surface area (Å²) in [6.07, 6.45) is 1.69. The van der Waals surface area contributed by atoms with Crippen molar-refractivity contribution in [3.63, 3.8) is 0 Å². The molecule has 136 valence electrons. The number of nitrogens with zero attached hydrogens (tertiary/aromatic N) is 2. The van der Waals surface area contributed by atoms with Gasteiger partial charge >= 0.3 is 5.97 Å². The number of benzene rings is 2. The lowest BCUT2D eigenvalue weighted by molar-refractivity contribution is -0.119. The van der Waals surface area contributed by atoms with Crippen molar-refractivity contribution in [1.82, 2.24) is 4.57 Å². The molecule has 0 spiro atoms. The van der Waals surface area contributed by atoms with Gasteiger partial charge in [0.15, 0.2) is 6.61 Å². The molecule has 0 unspecified atom stereocenters. The molecule has 0 fully saturated rings. The molecule has 27 heavy (non-hydrogen) atoms. The summed E-state index contributed by atoms with van der Waals surface area (Å²) in [6, 6.07) is 16.7. The second-order valence-corrected chi connectivity index (χ2v) is 6.76. The minimum atomic E-state index is -0.547. The number of aryl methyl sites for hydroxylation is 1. The van der Waals surface area contributed by atoms with Gasteiger partial charge in [-0.25, -0.2) is 4.79 Å². The van der Waals surface area contributed by atoms with Crippen LogP contribution in [0.1, 0.15) is 10.4 Å². The topological polar surface area (TPSA) is 84.1 Å². The molecule has 0 aliphatic rings. The SMILES string of the molecule is Cn1cc(C(=O)OCC(=O)Nc2ccccc2SCC#N)c2ccccc21. The van der Waals surface area contributed by atoms with Gasteiger partial charge in [-0.05, 0) is 18.2 Å². The van der Waals surface area contributed by atoms with Gasteiger partial charge in [0.1, 0.15) is 0 Å². The highest BCUT2D eigenvalue weighted by atomic mass is 32.2. The first kappa shape index (κ1) is 18.5. The lowest BCUT2D eigenvalue weighted by atomic mass is 10.2. The van der Waals surface area contributed by atoms with Crippen LogP contribution in [0.5, 0.6) is 0 Å². The molecule has 1 amide bonds.